The third-order valence-corrected chi connectivity index (χ3v) is 3.12. The Hall–Kier alpha value is -2.46. The van der Waals surface area contributed by atoms with Crippen LogP contribution in [0.4, 0.5) is 5.69 Å². The van der Waals surface area contributed by atoms with Crippen LogP contribution in [0, 0.1) is 0 Å². The number of anilines is 1. The minimum absolute atomic E-state index is 0.281. The number of rotatable bonds is 2. The minimum Gasteiger partial charge on any atom is -0.320 e. The minimum atomic E-state index is -0.295. The number of benzene rings is 1. The van der Waals surface area contributed by atoms with E-state index in [0.717, 1.165) is 16.5 Å². The quantitative estimate of drug-likeness (QED) is 0.783. The summed E-state index contributed by atoms with van der Waals surface area (Å²) in [6.07, 6.45) is 4.95. The zero-order valence-corrected chi connectivity index (χ0v) is 11.1. The van der Waals surface area contributed by atoms with Gasteiger partial charge in [0.25, 0.3) is 5.91 Å². The summed E-state index contributed by atoms with van der Waals surface area (Å²) in [6.45, 7) is 0. The molecule has 0 bridgehead atoms. The highest BCUT2D eigenvalue weighted by atomic mass is 35.5. The van der Waals surface area contributed by atoms with Crippen molar-refractivity contribution in [2.75, 3.05) is 5.32 Å². The van der Waals surface area contributed by atoms with E-state index < -0.39 is 0 Å². The van der Waals surface area contributed by atoms with Crippen LogP contribution in [0.2, 0.25) is 5.02 Å². The van der Waals surface area contributed by atoms with Crippen molar-refractivity contribution in [2.45, 2.75) is 0 Å². The standard InChI is InChI=1S/C15H10ClN3O/c16-11-4-7-18-14(8-11)15(20)19-13-3-1-2-10-9-17-6-5-12(10)13/h1-9H,(H,19,20). The fourth-order valence-corrected chi connectivity index (χ4v) is 2.11. The van der Waals surface area contributed by atoms with Gasteiger partial charge in [0.1, 0.15) is 5.69 Å². The van der Waals surface area contributed by atoms with Gasteiger partial charge in [-0.25, -0.2) is 0 Å². The predicted octanol–water partition coefficient (Wildman–Crippen LogP) is 3.54. The maximum absolute atomic E-state index is 12.2. The first-order chi connectivity index (χ1) is 9.74. The van der Waals surface area contributed by atoms with Gasteiger partial charge in [0.15, 0.2) is 0 Å². The van der Waals surface area contributed by atoms with E-state index in [1.165, 1.54) is 12.3 Å². The molecule has 0 unspecified atom stereocenters. The van der Waals surface area contributed by atoms with Crippen molar-refractivity contribution in [1.29, 1.82) is 0 Å². The first-order valence-electron chi connectivity index (χ1n) is 6.00. The Labute approximate surface area is 120 Å². The lowest BCUT2D eigenvalue weighted by molar-refractivity contribution is 0.102. The summed E-state index contributed by atoms with van der Waals surface area (Å²) in [5.41, 5.74) is 1.00. The maximum Gasteiger partial charge on any atom is 0.274 e. The smallest absolute Gasteiger partial charge is 0.274 e. The van der Waals surface area contributed by atoms with E-state index in [1.54, 1.807) is 18.5 Å². The second-order valence-electron chi connectivity index (χ2n) is 4.22. The van der Waals surface area contributed by atoms with E-state index in [-0.39, 0.29) is 11.6 Å². The van der Waals surface area contributed by atoms with Gasteiger partial charge in [-0.1, -0.05) is 23.7 Å². The van der Waals surface area contributed by atoms with Gasteiger partial charge in [-0.2, -0.15) is 0 Å². The third-order valence-electron chi connectivity index (χ3n) is 2.88. The van der Waals surface area contributed by atoms with E-state index in [2.05, 4.69) is 15.3 Å². The maximum atomic E-state index is 12.2. The van der Waals surface area contributed by atoms with Gasteiger partial charge in [0.2, 0.25) is 0 Å². The molecule has 0 saturated carbocycles. The van der Waals surface area contributed by atoms with Crippen molar-refractivity contribution in [3.63, 3.8) is 0 Å². The molecule has 0 spiro atoms. The molecule has 1 N–H and O–H groups in total. The van der Waals surface area contributed by atoms with E-state index >= 15 is 0 Å². The third kappa shape index (κ3) is 2.46. The topological polar surface area (TPSA) is 54.9 Å². The molecule has 98 valence electrons. The first kappa shape index (κ1) is 12.6. The predicted molar refractivity (Wildman–Crippen MR) is 78.9 cm³/mol. The Bertz CT molecular complexity index is 783. The molecule has 0 radical (unpaired) electrons. The number of nitrogens with zero attached hydrogens (tertiary/aromatic N) is 2. The second-order valence-corrected chi connectivity index (χ2v) is 4.65. The number of aromatic nitrogens is 2. The van der Waals surface area contributed by atoms with Crippen molar-refractivity contribution in [2.24, 2.45) is 0 Å². The van der Waals surface area contributed by atoms with Gasteiger partial charge in [-0.05, 0) is 24.3 Å². The molecule has 0 saturated heterocycles. The Morgan fingerprint density at radius 3 is 2.90 bits per heavy atom. The Kier molecular flexibility index (Phi) is 3.31. The van der Waals surface area contributed by atoms with Gasteiger partial charge < -0.3 is 5.32 Å². The number of amides is 1. The van der Waals surface area contributed by atoms with Crippen LogP contribution in [0.3, 0.4) is 0 Å². The molecule has 0 fully saturated rings. The van der Waals surface area contributed by atoms with Crippen LogP contribution in [-0.4, -0.2) is 15.9 Å². The highest BCUT2D eigenvalue weighted by Crippen LogP contribution is 2.22. The SMILES string of the molecule is O=C(Nc1cccc2cnccc12)c1cc(Cl)ccn1. The average molecular weight is 284 g/mol. The normalized spacial score (nSPS) is 10.4. The van der Waals surface area contributed by atoms with Crippen molar-refractivity contribution in [1.82, 2.24) is 9.97 Å². The van der Waals surface area contributed by atoms with Gasteiger partial charge >= 0.3 is 0 Å². The number of carbonyl (C=O) groups is 1. The summed E-state index contributed by atoms with van der Waals surface area (Å²) in [6, 6.07) is 10.7. The first-order valence-corrected chi connectivity index (χ1v) is 6.37. The molecule has 3 rings (SSSR count). The van der Waals surface area contributed by atoms with Crippen LogP contribution >= 0.6 is 11.6 Å². The molecular formula is C15H10ClN3O. The molecular weight excluding hydrogens is 274 g/mol. The molecule has 2 heterocycles. The van der Waals surface area contributed by atoms with Crippen LogP contribution < -0.4 is 5.32 Å². The van der Waals surface area contributed by atoms with Crippen LogP contribution in [0.1, 0.15) is 10.5 Å². The lowest BCUT2D eigenvalue weighted by atomic mass is 10.1. The summed E-state index contributed by atoms with van der Waals surface area (Å²) in [4.78, 5) is 20.2. The molecule has 1 amide bonds. The van der Waals surface area contributed by atoms with E-state index in [0.29, 0.717) is 5.02 Å². The summed E-state index contributed by atoms with van der Waals surface area (Å²) < 4.78 is 0. The molecule has 4 nitrogen and oxygen atoms in total. The summed E-state index contributed by atoms with van der Waals surface area (Å²) >= 11 is 5.86. The van der Waals surface area contributed by atoms with E-state index in [1.807, 2.05) is 24.3 Å². The highest BCUT2D eigenvalue weighted by molar-refractivity contribution is 6.31. The van der Waals surface area contributed by atoms with Crippen molar-refractivity contribution in [3.05, 3.63) is 65.7 Å². The lowest BCUT2D eigenvalue weighted by Crippen LogP contribution is -2.13. The molecule has 3 aromatic rings. The van der Waals surface area contributed by atoms with Gasteiger partial charge in [-0.15, -0.1) is 0 Å². The summed E-state index contributed by atoms with van der Waals surface area (Å²) in [5.74, 6) is -0.295. The monoisotopic (exact) mass is 283 g/mol. The van der Waals surface area contributed by atoms with Crippen LogP contribution in [-0.2, 0) is 0 Å². The molecule has 2 aromatic heterocycles. The Morgan fingerprint density at radius 2 is 2.05 bits per heavy atom. The molecule has 0 atom stereocenters. The van der Waals surface area contributed by atoms with Crippen molar-refractivity contribution in [3.8, 4) is 0 Å². The van der Waals surface area contributed by atoms with Crippen LogP contribution in [0.5, 0.6) is 0 Å². The van der Waals surface area contributed by atoms with Crippen molar-refractivity contribution < 1.29 is 4.79 Å². The number of fused-ring (bicyclic) bond motifs is 1. The van der Waals surface area contributed by atoms with E-state index in [9.17, 15) is 4.79 Å². The Morgan fingerprint density at radius 1 is 1.15 bits per heavy atom. The summed E-state index contributed by atoms with van der Waals surface area (Å²) in [7, 11) is 0. The molecule has 1 aromatic carbocycles. The highest BCUT2D eigenvalue weighted by Gasteiger charge is 2.09. The number of hydrogen-bond donors (Lipinski definition) is 1. The number of carbonyl (C=O) groups excluding carboxylic acids is 1. The number of nitrogens with one attached hydrogen (secondary N) is 1. The summed E-state index contributed by atoms with van der Waals surface area (Å²) in [5, 5.41) is 5.21. The van der Waals surface area contributed by atoms with E-state index in [4.69, 9.17) is 11.6 Å². The number of pyridine rings is 2. The zero-order chi connectivity index (χ0) is 13.9. The zero-order valence-electron chi connectivity index (χ0n) is 10.4. The van der Waals surface area contributed by atoms with Gasteiger partial charge in [0, 0.05) is 40.1 Å². The second kappa shape index (κ2) is 5.27. The molecule has 0 aliphatic rings. The number of halogens is 1. The Balaban J connectivity index is 1.95. The average Bonchev–Trinajstić information content (AvgIpc) is 2.47. The van der Waals surface area contributed by atoms with Gasteiger partial charge in [-0.3, -0.25) is 14.8 Å². The molecule has 0 aliphatic carbocycles. The fraction of sp³-hybridized carbons (Fsp3) is 0. The lowest BCUT2D eigenvalue weighted by Gasteiger charge is -2.08. The van der Waals surface area contributed by atoms with Gasteiger partial charge in [0.05, 0.1) is 0 Å². The fourth-order valence-electron chi connectivity index (χ4n) is 1.95. The molecule has 5 heteroatoms. The van der Waals surface area contributed by atoms with Crippen LogP contribution in [0.15, 0.2) is 55.0 Å². The van der Waals surface area contributed by atoms with Crippen LogP contribution in [0.25, 0.3) is 10.8 Å². The number of hydrogen-bond acceptors (Lipinski definition) is 3. The largest absolute Gasteiger partial charge is 0.320 e. The molecule has 0 aliphatic heterocycles. The molecule has 20 heavy (non-hydrogen) atoms. The van der Waals surface area contributed by atoms with Crippen molar-refractivity contribution >= 4 is 34.0 Å².